The number of thioether (sulfide) groups is 1. The van der Waals surface area contributed by atoms with E-state index in [2.05, 4.69) is 5.32 Å². The van der Waals surface area contributed by atoms with E-state index < -0.39 is 11.9 Å². The SMILES string of the molecule is CSc1cccc(NC(=O)COC(=O)Cc2c(Cl)cccc2Cl)c1. The van der Waals surface area contributed by atoms with E-state index in [1.54, 1.807) is 36.0 Å². The third kappa shape index (κ3) is 5.44. The van der Waals surface area contributed by atoms with Crippen molar-refractivity contribution >= 4 is 52.5 Å². The van der Waals surface area contributed by atoms with Gasteiger partial charge in [0.2, 0.25) is 0 Å². The molecule has 0 aliphatic heterocycles. The van der Waals surface area contributed by atoms with Crippen molar-refractivity contribution in [3.05, 3.63) is 58.1 Å². The van der Waals surface area contributed by atoms with Gasteiger partial charge >= 0.3 is 5.97 Å². The molecule has 1 N–H and O–H groups in total. The first kappa shape index (κ1) is 18.6. The summed E-state index contributed by atoms with van der Waals surface area (Å²) in [5, 5.41) is 3.45. The molecule has 2 aromatic carbocycles. The first-order valence-corrected chi connectivity index (χ1v) is 9.00. The summed E-state index contributed by atoms with van der Waals surface area (Å²) >= 11 is 13.6. The summed E-state index contributed by atoms with van der Waals surface area (Å²) in [6.07, 6.45) is 1.86. The Morgan fingerprint density at radius 2 is 1.79 bits per heavy atom. The number of carbonyl (C=O) groups is 2. The number of benzene rings is 2. The summed E-state index contributed by atoms with van der Waals surface area (Å²) in [4.78, 5) is 24.7. The van der Waals surface area contributed by atoms with Gasteiger partial charge in [-0.05, 0) is 36.6 Å². The van der Waals surface area contributed by atoms with Crippen LogP contribution >= 0.6 is 35.0 Å². The van der Waals surface area contributed by atoms with Gasteiger partial charge in [0.25, 0.3) is 5.91 Å². The molecule has 126 valence electrons. The van der Waals surface area contributed by atoms with Crippen LogP contribution in [0, 0.1) is 0 Å². The van der Waals surface area contributed by atoms with E-state index in [-0.39, 0.29) is 13.0 Å². The molecular formula is C17H15Cl2NO3S. The van der Waals surface area contributed by atoms with Gasteiger partial charge in [-0.15, -0.1) is 11.8 Å². The number of esters is 1. The summed E-state index contributed by atoms with van der Waals surface area (Å²) in [7, 11) is 0. The van der Waals surface area contributed by atoms with Crippen molar-refractivity contribution in [3.8, 4) is 0 Å². The Labute approximate surface area is 154 Å². The standard InChI is InChI=1S/C17H15Cl2NO3S/c1-24-12-5-2-4-11(8-12)20-16(21)10-23-17(22)9-13-14(18)6-3-7-15(13)19/h2-8H,9-10H2,1H3,(H,20,21). The second-order valence-corrected chi connectivity index (χ2v) is 6.51. The minimum absolute atomic E-state index is 0.0895. The number of carbonyl (C=O) groups excluding carboxylic acids is 2. The molecule has 2 aromatic rings. The van der Waals surface area contributed by atoms with Crippen molar-refractivity contribution in [2.24, 2.45) is 0 Å². The normalized spacial score (nSPS) is 10.3. The lowest BCUT2D eigenvalue weighted by Crippen LogP contribution is -2.21. The zero-order valence-corrected chi connectivity index (χ0v) is 15.2. The van der Waals surface area contributed by atoms with E-state index in [1.807, 2.05) is 24.5 Å². The molecule has 0 atom stereocenters. The fraction of sp³-hybridized carbons (Fsp3) is 0.176. The molecule has 24 heavy (non-hydrogen) atoms. The highest BCUT2D eigenvalue weighted by molar-refractivity contribution is 7.98. The van der Waals surface area contributed by atoms with Crippen LogP contribution in [0.3, 0.4) is 0 Å². The summed E-state index contributed by atoms with van der Waals surface area (Å²) in [5.74, 6) is -0.982. The van der Waals surface area contributed by atoms with Crippen molar-refractivity contribution in [2.45, 2.75) is 11.3 Å². The predicted molar refractivity (Wildman–Crippen MR) is 98.0 cm³/mol. The fourth-order valence-corrected chi connectivity index (χ4v) is 2.93. The van der Waals surface area contributed by atoms with E-state index in [9.17, 15) is 9.59 Å². The van der Waals surface area contributed by atoms with E-state index in [4.69, 9.17) is 27.9 Å². The van der Waals surface area contributed by atoms with Gasteiger partial charge in [-0.2, -0.15) is 0 Å². The maximum absolute atomic E-state index is 11.9. The smallest absolute Gasteiger partial charge is 0.310 e. The Morgan fingerprint density at radius 1 is 1.12 bits per heavy atom. The Kier molecular flexibility index (Phi) is 6.97. The van der Waals surface area contributed by atoms with Crippen LogP contribution in [0.15, 0.2) is 47.4 Å². The number of halogens is 2. The lowest BCUT2D eigenvalue weighted by Gasteiger charge is -2.09. The lowest BCUT2D eigenvalue weighted by atomic mass is 10.1. The number of rotatable bonds is 6. The fourth-order valence-electron chi connectivity index (χ4n) is 1.94. The molecule has 0 unspecified atom stereocenters. The Hall–Kier alpha value is -1.69. The summed E-state index contributed by atoms with van der Waals surface area (Å²) in [5.41, 5.74) is 1.14. The Bertz CT molecular complexity index is 732. The van der Waals surface area contributed by atoms with E-state index in [0.29, 0.717) is 21.3 Å². The van der Waals surface area contributed by atoms with Crippen LogP contribution in [0.5, 0.6) is 0 Å². The second kappa shape index (κ2) is 8.97. The molecule has 7 heteroatoms. The van der Waals surface area contributed by atoms with Gasteiger partial charge in [0.05, 0.1) is 6.42 Å². The highest BCUT2D eigenvalue weighted by Crippen LogP contribution is 2.25. The van der Waals surface area contributed by atoms with Crippen molar-refractivity contribution in [1.82, 2.24) is 0 Å². The Morgan fingerprint density at radius 3 is 2.46 bits per heavy atom. The number of amides is 1. The van der Waals surface area contributed by atoms with Crippen LogP contribution in [0.25, 0.3) is 0 Å². The minimum atomic E-state index is -0.571. The van der Waals surface area contributed by atoms with Crippen LogP contribution in [0.1, 0.15) is 5.56 Å². The van der Waals surface area contributed by atoms with Crippen molar-refractivity contribution in [3.63, 3.8) is 0 Å². The largest absolute Gasteiger partial charge is 0.455 e. The average molecular weight is 384 g/mol. The molecule has 0 fully saturated rings. The number of ether oxygens (including phenoxy) is 1. The molecular weight excluding hydrogens is 369 g/mol. The van der Waals surface area contributed by atoms with Gasteiger partial charge in [0.1, 0.15) is 0 Å². The average Bonchev–Trinajstić information content (AvgIpc) is 2.56. The quantitative estimate of drug-likeness (QED) is 0.591. The topological polar surface area (TPSA) is 55.4 Å². The molecule has 0 saturated carbocycles. The van der Waals surface area contributed by atoms with Gasteiger partial charge < -0.3 is 10.1 Å². The van der Waals surface area contributed by atoms with Crippen LogP contribution in [0.4, 0.5) is 5.69 Å². The van der Waals surface area contributed by atoms with Crippen LogP contribution in [-0.4, -0.2) is 24.7 Å². The van der Waals surface area contributed by atoms with Gasteiger partial charge in [0.15, 0.2) is 6.61 Å². The Balaban J connectivity index is 1.86. The molecule has 4 nitrogen and oxygen atoms in total. The number of nitrogens with one attached hydrogen (secondary N) is 1. The first-order chi connectivity index (χ1) is 11.5. The first-order valence-electron chi connectivity index (χ1n) is 7.02. The molecule has 0 radical (unpaired) electrons. The summed E-state index contributed by atoms with van der Waals surface area (Å²) < 4.78 is 4.97. The van der Waals surface area contributed by atoms with Gasteiger partial charge in [0, 0.05) is 26.2 Å². The molecule has 0 aliphatic carbocycles. The molecule has 2 rings (SSSR count). The molecule has 1 amide bonds. The molecule has 0 saturated heterocycles. The highest BCUT2D eigenvalue weighted by Gasteiger charge is 2.13. The molecule has 0 aliphatic rings. The number of hydrogen-bond donors (Lipinski definition) is 1. The summed E-state index contributed by atoms with van der Waals surface area (Å²) in [6, 6.07) is 12.4. The maximum atomic E-state index is 11.9. The van der Waals surface area contributed by atoms with Crippen molar-refractivity contribution in [1.29, 1.82) is 0 Å². The van der Waals surface area contributed by atoms with Crippen LogP contribution < -0.4 is 5.32 Å². The molecule has 0 heterocycles. The molecule has 0 spiro atoms. The van der Waals surface area contributed by atoms with Crippen LogP contribution in [-0.2, 0) is 20.7 Å². The highest BCUT2D eigenvalue weighted by atomic mass is 35.5. The van der Waals surface area contributed by atoms with E-state index in [1.165, 1.54) is 0 Å². The zero-order chi connectivity index (χ0) is 17.5. The number of anilines is 1. The third-order valence-electron chi connectivity index (χ3n) is 3.10. The van der Waals surface area contributed by atoms with Gasteiger partial charge in [-0.1, -0.05) is 35.3 Å². The van der Waals surface area contributed by atoms with Crippen molar-refractivity contribution in [2.75, 3.05) is 18.2 Å². The third-order valence-corrected chi connectivity index (χ3v) is 4.53. The zero-order valence-electron chi connectivity index (χ0n) is 12.8. The molecule has 0 aromatic heterocycles. The van der Waals surface area contributed by atoms with E-state index in [0.717, 1.165) is 4.90 Å². The van der Waals surface area contributed by atoms with E-state index >= 15 is 0 Å². The van der Waals surface area contributed by atoms with Gasteiger partial charge in [-0.3, -0.25) is 9.59 Å². The second-order valence-electron chi connectivity index (χ2n) is 4.82. The monoisotopic (exact) mass is 383 g/mol. The van der Waals surface area contributed by atoms with Crippen molar-refractivity contribution < 1.29 is 14.3 Å². The summed E-state index contributed by atoms with van der Waals surface area (Å²) in [6.45, 7) is -0.371. The lowest BCUT2D eigenvalue weighted by molar-refractivity contribution is -0.146. The molecule has 0 bridgehead atoms. The predicted octanol–water partition coefficient (Wildman–Crippen LogP) is 4.44. The number of hydrogen-bond acceptors (Lipinski definition) is 4. The van der Waals surface area contributed by atoms with Gasteiger partial charge in [-0.25, -0.2) is 0 Å². The minimum Gasteiger partial charge on any atom is -0.455 e. The maximum Gasteiger partial charge on any atom is 0.310 e. The van der Waals surface area contributed by atoms with Crippen LogP contribution in [0.2, 0.25) is 10.0 Å².